The van der Waals surface area contributed by atoms with E-state index in [4.69, 9.17) is 14.2 Å². The average molecular weight is 497 g/mol. The third kappa shape index (κ3) is 7.55. The molecular formula is C22H30Cl2N6O3. The summed E-state index contributed by atoms with van der Waals surface area (Å²) in [5.41, 5.74) is 1.95. The molecule has 2 aromatic carbocycles. The summed E-state index contributed by atoms with van der Waals surface area (Å²) in [5, 5.41) is 15.3. The Labute approximate surface area is 206 Å². The van der Waals surface area contributed by atoms with Crippen LogP contribution < -0.4 is 14.8 Å². The molecule has 1 aliphatic rings. The fraction of sp³-hybridized carbons (Fsp3) is 0.409. The fourth-order valence-electron chi connectivity index (χ4n) is 3.38. The first-order chi connectivity index (χ1) is 15.3. The first kappa shape index (κ1) is 26.8. The summed E-state index contributed by atoms with van der Waals surface area (Å²) in [6.07, 6.45) is 0. The van der Waals surface area contributed by atoms with Crippen LogP contribution in [-0.4, -0.2) is 71.1 Å². The highest BCUT2D eigenvalue weighted by atomic mass is 35.5. The van der Waals surface area contributed by atoms with Crippen LogP contribution in [0.1, 0.15) is 12.5 Å². The van der Waals surface area contributed by atoms with Gasteiger partial charge < -0.3 is 19.5 Å². The van der Waals surface area contributed by atoms with E-state index in [9.17, 15) is 0 Å². The topological polar surface area (TPSA) is 86.6 Å². The zero-order chi connectivity index (χ0) is 21.3. The summed E-state index contributed by atoms with van der Waals surface area (Å²) in [4.78, 5) is 2.41. The van der Waals surface area contributed by atoms with Gasteiger partial charge >= 0.3 is 6.01 Å². The summed E-state index contributed by atoms with van der Waals surface area (Å²) in [6, 6.07) is 15.8. The van der Waals surface area contributed by atoms with Crippen LogP contribution in [0.15, 0.2) is 48.5 Å². The normalized spacial score (nSPS) is 13.6. The number of hydrogen-bond donors (Lipinski definition) is 1. The van der Waals surface area contributed by atoms with Gasteiger partial charge in [-0.25, -0.2) is 0 Å². The first-order valence-corrected chi connectivity index (χ1v) is 10.6. The van der Waals surface area contributed by atoms with Crippen LogP contribution in [0.4, 0.5) is 0 Å². The second kappa shape index (κ2) is 14.0. The molecule has 0 unspecified atom stereocenters. The van der Waals surface area contributed by atoms with E-state index in [0.29, 0.717) is 18.1 Å². The molecule has 1 aromatic heterocycles. The monoisotopic (exact) mass is 496 g/mol. The maximum atomic E-state index is 6.01. The molecule has 1 saturated heterocycles. The van der Waals surface area contributed by atoms with Gasteiger partial charge in [-0.15, -0.1) is 24.8 Å². The number of halogens is 2. The van der Waals surface area contributed by atoms with Crippen molar-refractivity contribution < 1.29 is 14.2 Å². The third-order valence-electron chi connectivity index (χ3n) is 4.99. The van der Waals surface area contributed by atoms with Gasteiger partial charge in [0.2, 0.25) is 0 Å². The summed E-state index contributed by atoms with van der Waals surface area (Å²) >= 11 is 0. The maximum absolute atomic E-state index is 6.01. The molecule has 180 valence electrons. The van der Waals surface area contributed by atoms with E-state index >= 15 is 0 Å². The molecule has 0 saturated carbocycles. The molecule has 0 aliphatic carbocycles. The zero-order valence-corrected chi connectivity index (χ0v) is 20.2. The van der Waals surface area contributed by atoms with Crippen molar-refractivity contribution in [2.45, 2.75) is 13.5 Å². The second-order valence-corrected chi connectivity index (χ2v) is 7.16. The van der Waals surface area contributed by atoms with E-state index in [1.165, 1.54) is 0 Å². The van der Waals surface area contributed by atoms with Crippen LogP contribution in [0.2, 0.25) is 0 Å². The largest absolute Gasteiger partial charge is 0.490 e. The van der Waals surface area contributed by atoms with Gasteiger partial charge in [0, 0.05) is 32.7 Å². The second-order valence-electron chi connectivity index (χ2n) is 7.16. The van der Waals surface area contributed by atoms with Crippen molar-refractivity contribution in [1.82, 2.24) is 30.4 Å². The van der Waals surface area contributed by atoms with Gasteiger partial charge in [-0.05, 0) is 47.2 Å². The molecule has 0 bridgehead atoms. The Hall–Kier alpha value is -2.43. The van der Waals surface area contributed by atoms with E-state index in [-0.39, 0.29) is 30.8 Å². The van der Waals surface area contributed by atoms with Gasteiger partial charge in [-0.1, -0.05) is 29.4 Å². The molecule has 0 radical (unpaired) electrons. The SMILES string of the molecule is CCOc1cc(CNCCN2CCOCC2)ccc1Oc1nnnn1-c1ccccc1.Cl.Cl. The minimum atomic E-state index is 0. The Balaban J connectivity index is 0.00000193. The molecule has 11 heteroatoms. The van der Waals surface area contributed by atoms with Crippen molar-refractivity contribution in [3.63, 3.8) is 0 Å². The van der Waals surface area contributed by atoms with E-state index in [2.05, 4.69) is 25.7 Å². The quantitative estimate of drug-likeness (QED) is 0.428. The highest BCUT2D eigenvalue weighted by Crippen LogP contribution is 2.32. The molecule has 0 atom stereocenters. The number of nitrogens with zero attached hydrogens (tertiary/aromatic N) is 5. The van der Waals surface area contributed by atoms with Gasteiger partial charge in [0.1, 0.15) is 0 Å². The van der Waals surface area contributed by atoms with E-state index in [1.54, 1.807) is 4.68 Å². The number of rotatable bonds is 10. The number of morpholine rings is 1. The van der Waals surface area contributed by atoms with Crippen LogP contribution in [0.3, 0.4) is 0 Å². The number of aromatic nitrogens is 4. The summed E-state index contributed by atoms with van der Waals surface area (Å²) in [6.45, 7) is 8.85. The minimum Gasteiger partial charge on any atom is -0.490 e. The van der Waals surface area contributed by atoms with Gasteiger partial charge in [0.25, 0.3) is 0 Å². The Morgan fingerprint density at radius 3 is 2.58 bits per heavy atom. The standard InChI is InChI=1S/C22H28N6O3.2ClH/c1-2-30-21-16-18(17-23-10-11-27-12-14-29-15-13-27)8-9-20(21)31-22-24-25-26-28(22)19-6-4-3-5-7-19;;/h3-9,16,23H,2,10-15,17H2,1H3;2*1H. The molecule has 1 N–H and O–H groups in total. The lowest BCUT2D eigenvalue weighted by Gasteiger charge is -2.26. The van der Waals surface area contributed by atoms with Gasteiger partial charge in [0.15, 0.2) is 11.5 Å². The highest BCUT2D eigenvalue weighted by molar-refractivity contribution is 5.85. The Morgan fingerprint density at radius 2 is 1.82 bits per heavy atom. The van der Waals surface area contributed by atoms with Crippen LogP contribution in [-0.2, 0) is 11.3 Å². The average Bonchev–Trinajstić information content (AvgIpc) is 3.28. The minimum absolute atomic E-state index is 0. The van der Waals surface area contributed by atoms with E-state index in [1.807, 2.05) is 55.5 Å². The van der Waals surface area contributed by atoms with E-state index < -0.39 is 0 Å². The van der Waals surface area contributed by atoms with Gasteiger partial charge in [-0.3, -0.25) is 4.90 Å². The van der Waals surface area contributed by atoms with Crippen LogP contribution >= 0.6 is 24.8 Å². The Bertz CT molecular complexity index is 954. The molecule has 1 aliphatic heterocycles. The summed E-state index contributed by atoms with van der Waals surface area (Å²) < 4.78 is 18.8. The molecule has 9 nitrogen and oxygen atoms in total. The van der Waals surface area contributed by atoms with Crippen molar-refractivity contribution >= 4 is 24.8 Å². The van der Waals surface area contributed by atoms with Crippen molar-refractivity contribution in [3.05, 3.63) is 54.1 Å². The Kier molecular flexibility index (Phi) is 11.4. The molecule has 2 heterocycles. The molecule has 33 heavy (non-hydrogen) atoms. The lowest BCUT2D eigenvalue weighted by Crippen LogP contribution is -2.40. The van der Waals surface area contributed by atoms with Crippen molar-refractivity contribution in [1.29, 1.82) is 0 Å². The number of nitrogens with one attached hydrogen (secondary N) is 1. The van der Waals surface area contributed by atoms with Crippen molar-refractivity contribution in [3.8, 4) is 23.2 Å². The smallest absolute Gasteiger partial charge is 0.346 e. The molecule has 0 amide bonds. The zero-order valence-electron chi connectivity index (χ0n) is 18.6. The maximum Gasteiger partial charge on any atom is 0.346 e. The van der Waals surface area contributed by atoms with Crippen molar-refractivity contribution in [2.24, 2.45) is 0 Å². The van der Waals surface area contributed by atoms with E-state index in [0.717, 1.165) is 57.2 Å². The van der Waals surface area contributed by atoms with Crippen LogP contribution in [0.25, 0.3) is 5.69 Å². The lowest BCUT2D eigenvalue weighted by atomic mass is 10.2. The van der Waals surface area contributed by atoms with Crippen molar-refractivity contribution in [2.75, 3.05) is 46.0 Å². The van der Waals surface area contributed by atoms with Gasteiger partial charge in [0.05, 0.1) is 25.5 Å². The Morgan fingerprint density at radius 1 is 1.03 bits per heavy atom. The van der Waals surface area contributed by atoms with Crippen LogP contribution in [0, 0.1) is 0 Å². The van der Waals surface area contributed by atoms with Crippen LogP contribution in [0.5, 0.6) is 17.5 Å². The molecule has 4 rings (SSSR count). The molecule has 3 aromatic rings. The highest BCUT2D eigenvalue weighted by Gasteiger charge is 2.15. The predicted octanol–water partition coefficient (Wildman–Crippen LogP) is 3.12. The van der Waals surface area contributed by atoms with Gasteiger partial charge in [-0.2, -0.15) is 4.68 Å². The number of tetrazole rings is 1. The molecular weight excluding hydrogens is 467 g/mol. The third-order valence-corrected chi connectivity index (χ3v) is 4.99. The summed E-state index contributed by atoms with van der Waals surface area (Å²) in [7, 11) is 0. The number of hydrogen-bond acceptors (Lipinski definition) is 8. The summed E-state index contributed by atoms with van der Waals surface area (Å²) in [5.74, 6) is 1.24. The predicted molar refractivity (Wildman–Crippen MR) is 130 cm³/mol. The number of benzene rings is 2. The lowest BCUT2D eigenvalue weighted by molar-refractivity contribution is 0.0384. The fourth-order valence-corrected chi connectivity index (χ4v) is 3.38. The number of ether oxygens (including phenoxy) is 3. The first-order valence-electron chi connectivity index (χ1n) is 10.6. The number of para-hydroxylation sites is 1. The molecule has 0 spiro atoms. The molecule has 1 fully saturated rings.